The Morgan fingerprint density at radius 2 is 2.30 bits per heavy atom. The Morgan fingerprint density at radius 3 is 2.90 bits per heavy atom. The van der Waals surface area contributed by atoms with Crippen LogP contribution in [0.2, 0.25) is 0 Å². The monoisotopic (exact) mass is 276 g/mol. The number of amides is 1. The fraction of sp³-hybridized carbons (Fsp3) is 0.562. The molecule has 20 heavy (non-hydrogen) atoms. The second kappa shape index (κ2) is 6.75. The molecular formula is C16H24N2O2. The van der Waals surface area contributed by atoms with Gasteiger partial charge in [0.15, 0.2) is 0 Å². The van der Waals surface area contributed by atoms with Crippen LogP contribution in [0, 0.1) is 12.8 Å². The summed E-state index contributed by atoms with van der Waals surface area (Å²) in [5.74, 6) is 0.560. The minimum absolute atomic E-state index is 0.0933. The maximum atomic E-state index is 12.5. The fourth-order valence-electron chi connectivity index (χ4n) is 2.69. The lowest BCUT2D eigenvalue weighted by Gasteiger charge is -2.27. The van der Waals surface area contributed by atoms with Gasteiger partial charge < -0.3 is 15.0 Å². The van der Waals surface area contributed by atoms with E-state index in [9.17, 15) is 4.79 Å². The molecule has 1 aliphatic heterocycles. The van der Waals surface area contributed by atoms with Crippen LogP contribution in [-0.4, -0.2) is 44.7 Å². The fourth-order valence-corrected chi connectivity index (χ4v) is 2.69. The molecule has 0 aromatic heterocycles. The van der Waals surface area contributed by atoms with E-state index >= 15 is 0 Å². The summed E-state index contributed by atoms with van der Waals surface area (Å²) in [7, 11) is 3.76. The first kappa shape index (κ1) is 14.9. The molecule has 2 rings (SSSR count). The van der Waals surface area contributed by atoms with Crippen LogP contribution in [0.4, 0.5) is 5.69 Å². The van der Waals surface area contributed by atoms with Crippen molar-refractivity contribution in [2.24, 2.45) is 5.92 Å². The number of nitrogens with zero attached hydrogens (tertiary/aromatic N) is 1. The van der Waals surface area contributed by atoms with Crippen LogP contribution in [0.15, 0.2) is 18.2 Å². The Balaban J connectivity index is 2.02. The van der Waals surface area contributed by atoms with Gasteiger partial charge in [-0.2, -0.15) is 0 Å². The zero-order valence-electron chi connectivity index (χ0n) is 12.6. The van der Waals surface area contributed by atoms with E-state index in [1.54, 1.807) is 0 Å². The molecule has 1 atom stereocenters. The van der Waals surface area contributed by atoms with E-state index in [4.69, 9.17) is 4.74 Å². The highest BCUT2D eigenvalue weighted by Crippen LogP contribution is 2.19. The highest BCUT2D eigenvalue weighted by Gasteiger charge is 2.20. The third-order valence-corrected chi connectivity index (χ3v) is 3.88. The van der Waals surface area contributed by atoms with E-state index in [1.165, 1.54) is 0 Å². The number of hydrogen-bond donors (Lipinski definition) is 1. The Labute approximate surface area is 121 Å². The number of hydrogen-bond acceptors (Lipinski definition) is 3. The van der Waals surface area contributed by atoms with Gasteiger partial charge in [0.1, 0.15) is 0 Å². The van der Waals surface area contributed by atoms with E-state index in [2.05, 4.69) is 5.32 Å². The highest BCUT2D eigenvalue weighted by molar-refractivity contribution is 5.95. The molecule has 1 aromatic carbocycles. The number of anilines is 1. The number of carbonyl (C=O) groups is 1. The highest BCUT2D eigenvalue weighted by atomic mass is 16.5. The molecule has 1 aromatic rings. The Morgan fingerprint density at radius 1 is 1.50 bits per heavy atom. The second-order valence-electron chi connectivity index (χ2n) is 5.55. The lowest BCUT2D eigenvalue weighted by molar-refractivity contribution is 0.0388. The molecule has 1 N–H and O–H groups in total. The number of ether oxygens (including phenoxy) is 1. The quantitative estimate of drug-likeness (QED) is 0.919. The van der Waals surface area contributed by atoms with Gasteiger partial charge in [0.05, 0.1) is 6.61 Å². The minimum Gasteiger partial charge on any atom is -0.388 e. The van der Waals surface area contributed by atoms with E-state index in [1.807, 2.05) is 44.1 Å². The standard InChI is InChI=1S/C16H24N2O2/c1-12-9-14(17-2)6-7-15(12)16(19)18(3)10-13-5-4-8-20-11-13/h6-7,9,13,17H,4-5,8,10-11H2,1-3H3. The van der Waals surface area contributed by atoms with Crippen molar-refractivity contribution in [2.75, 3.05) is 39.2 Å². The number of rotatable bonds is 4. The molecule has 0 spiro atoms. The van der Waals surface area contributed by atoms with Gasteiger partial charge in [0.2, 0.25) is 0 Å². The second-order valence-corrected chi connectivity index (χ2v) is 5.55. The van der Waals surface area contributed by atoms with E-state index in [0.717, 1.165) is 49.4 Å². The molecule has 4 nitrogen and oxygen atoms in total. The number of benzene rings is 1. The largest absolute Gasteiger partial charge is 0.388 e. The van der Waals surface area contributed by atoms with Crippen molar-refractivity contribution >= 4 is 11.6 Å². The predicted molar refractivity (Wildman–Crippen MR) is 81.2 cm³/mol. The zero-order valence-corrected chi connectivity index (χ0v) is 12.6. The van der Waals surface area contributed by atoms with Crippen molar-refractivity contribution in [2.45, 2.75) is 19.8 Å². The zero-order chi connectivity index (χ0) is 14.5. The van der Waals surface area contributed by atoms with Crippen LogP contribution in [0.25, 0.3) is 0 Å². The van der Waals surface area contributed by atoms with Gasteiger partial charge in [-0.25, -0.2) is 0 Å². The lowest BCUT2D eigenvalue weighted by atomic mass is 10.0. The van der Waals surface area contributed by atoms with Gasteiger partial charge in [-0.05, 0) is 49.4 Å². The van der Waals surface area contributed by atoms with Gasteiger partial charge in [0, 0.05) is 38.5 Å². The average Bonchev–Trinajstić information content (AvgIpc) is 2.47. The molecule has 1 amide bonds. The molecule has 0 radical (unpaired) electrons. The average molecular weight is 276 g/mol. The summed E-state index contributed by atoms with van der Waals surface area (Å²) in [5.41, 5.74) is 2.82. The van der Waals surface area contributed by atoms with Crippen LogP contribution in [-0.2, 0) is 4.74 Å². The molecule has 1 unspecified atom stereocenters. The van der Waals surface area contributed by atoms with Crippen molar-refractivity contribution in [1.29, 1.82) is 0 Å². The van der Waals surface area contributed by atoms with Gasteiger partial charge in [-0.15, -0.1) is 0 Å². The first-order chi connectivity index (χ1) is 9.61. The summed E-state index contributed by atoms with van der Waals surface area (Å²) in [6, 6.07) is 5.85. The molecule has 1 heterocycles. The number of aryl methyl sites for hydroxylation is 1. The van der Waals surface area contributed by atoms with Crippen LogP contribution in [0.5, 0.6) is 0 Å². The Hall–Kier alpha value is -1.55. The van der Waals surface area contributed by atoms with Crippen molar-refractivity contribution < 1.29 is 9.53 Å². The number of nitrogens with one attached hydrogen (secondary N) is 1. The van der Waals surface area contributed by atoms with E-state index < -0.39 is 0 Å². The van der Waals surface area contributed by atoms with Gasteiger partial charge >= 0.3 is 0 Å². The third-order valence-electron chi connectivity index (χ3n) is 3.88. The SMILES string of the molecule is CNc1ccc(C(=O)N(C)CC2CCCOC2)c(C)c1. The summed E-state index contributed by atoms with van der Waals surface area (Å²) >= 11 is 0. The van der Waals surface area contributed by atoms with Crippen LogP contribution in [0.3, 0.4) is 0 Å². The molecule has 0 bridgehead atoms. The topological polar surface area (TPSA) is 41.6 Å². The first-order valence-electron chi connectivity index (χ1n) is 7.23. The van der Waals surface area contributed by atoms with Gasteiger partial charge in [-0.3, -0.25) is 4.79 Å². The molecule has 4 heteroatoms. The van der Waals surface area contributed by atoms with Crippen LogP contribution < -0.4 is 5.32 Å². The lowest BCUT2D eigenvalue weighted by Crippen LogP contribution is -2.35. The predicted octanol–water partition coefficient (Wildman–Crippen LogP) is 2.54. The van der Waals surface area contributed by atoms with Gasteiger partial charge in [0.25, 0.3) is 5.91 Å². The van der Waals surface area contributed by atoms with Crippen molar-refractivity contribution in [1.82, 2.24) is 4.90 Å². The van der Waals surface area contributed by atoms with Gasteiger partial charge in [-0.1, -0.05) is 0 Å². The molecule has 110 valence electrons. The molecule has 1 aliphatic rings. The Kier molecular flexibility index (Phi) is 5.01. The molecular weight excluding hydrogens is 252 g/mol. The molecule has 1 fully saturated rings. The van der Waals surface area contributed by atoms with Crippen LogP contribution in [0.1, 0.15) is 28.8 Å². The minimum atomic E-state index is 0.0933. The molecule has 0 saturated carbocycles. The maximum absolute atomic E-state index is 12.5. The van der Waals surface area contributed by atoms with Crippen LogP contribution >= 0.6 is 0 Å². The molecule has 0 aliphatic carbocycles. The maximum Gasteiger partial charge on any atom is 0.253 e. The third kappa shape index (κ3) is 3.51. The summed E-state index contributed by atoms with van der Waals surface area (Å²) in [4.78, 5) is 14.3. The summed E-state index contributed by atoms with van der Waals surface area (Å²) in [6.45, 7) is 4.38. The normalized spacial score (nSPS) is 18.6. The summed E-state index contributed by atoms with van der Waals surface area (Å²) in [6.07, 6.45) is 2.25. The van der Waals surface area contributed by atoms with Crippen molar-refractivity contribution in [3.8, 4) is 0 Å². The summed E-state index contributed by atoms with van der Waals surface area (Å²) < 4.78 is 5.48. The molecule has 1 saturated heterocycles. The first-order valence-corrected chi connectivity index (χ1v) is 7.23. The Bertz CT molecular complexity index is 468. The summed E-state index contributed by atoms with van der Waals surface area (Å²) in [5, 5.41) is 3.09. The van der Waals surface area contributed by atoms with Crippen molar-refractivity contribution in [3.63, 3.8) is 0 Å². The smallest absolute Gasteiger partial charge is 0.253 e. The number of carbonyl (C=O) groups excluding carboxylic acids is 1. The van der Waals surface area contributed by atoms with E-state index in [-0.39, 0.29) is 5.91 Å². The van der Waals surface area contributed by atoms with E-state index in [0.29, 0.717) is 5.92 Å². The van der Waals surface area contributed by atoms with Crippen molar-refractivity contribution in [3.05, 3.63) is 29.3 Å².